The summed E-state index contributed by atoms with van der Waals surface area (Å²) < 4.78 is 8.52. The van der Waals surface area contributed by atoms with E-state index in [2.05, 4.69) is 10.00 Å². The zero-order valence-corrected chi connectivity index (χ0v) is 18.3. The number of aromatic nitrogens is 2. The molecule has 29 heavy (non-hydrogen) atoms. The molecule has 9 heteroatoms. The van der Waals surface area contributed by atoms with Crippen molar-refractivity contribution in [2.45, 2.75) is 63.2 Å². The van der Waals surface area contributed by atoms with E-state index in [9.17, 15) is 15.3 Å². The number of thiophene rings is 1. The fourth-order valence-electron chi connectivity index (χ4n) is 4.06. The average molecular weight is 442 g/mol. The van der Waals surface area contributed by atoms with Crippen molar-refractivity contribution in [3.05, 3.63) is 38.8 Å². The predicted octanol–water partition coefficient (Wildman–Crippen LogP) is 2.28. The topological polar surface area (TPSA) is 91.0 Å². The second kappa shape index (κ2) is 7.92. The molecule has 4 heterocycles. The molecule has 1 spiro atoms. The number of ether oxygens (including phenoxy) is 1. The van der Waals surface area contributed by atoms with Crippen LogP contribution in [0.1, 0.15) is 48.8 Å². The quantitative estimate of drug-likeness (QED) is 0.659. The maximum atomic E-state index is 10.2. The van der Waals surface area contributed by atoms with E-state index in [1.165, 1.54) is 11.3 Å². The Bertz CT molecular complexity index is 854. The van der Waals surface area contributed by atoms with Crippen LogP contribution in [0, 0.1) is 0 Å². The van der Waals surface area contributed by atoms with E-state index in [0.29, 0.717) is 10.9 Å². The Hall–Kier alpha value is -1.00. The second-order valence-electron chi connectivity index (χ2n) is 8.67. The Kier molecular flexibility index (Phi) is 5.80. The first-order valence-electron chi connectivity index (χ1n) is 9.92. The van der Waals surface area contributed by atoms with Crippen LogP contribution >= 0.6 is 22.9 Å². The first kappa shape index (κ1) is 21.2. The molecule has 3 N–H and O–H groups in total. The Morgan fingerprint density at radius 2 is 2.14 bits per heavy atom. The van der Waals surface area contributed by atoms with Gasteiger partial charge >= 0.3 is 0 Å². The van der Waals surface area contributed by atoms with Crippen molar-refractivity contribution in [1.82, 2.24) is 14.7 Å². The van der Waals surface area contributed by atoms with Crippen LogP contribution in [0.4, 0.5) is 0 Å². The summed E-state index contributed by atoms with van der Waals surface area (Å²) >= 11 is 7.74. The van der Waals surface area contributed by atoms with Crippen LogP contribution in [0.15, 0.2) is 18.5 Å². The minimum Gasteiger partial charge on any atom is -0.388 e. The van der Waals surface area contributed by atoms with Crippen molar-refractivity contribution in [2.24, 2.45) is 0 Å². The average Bonchev–Trinajstić information content (AvgIpc) is 3.26. The third-order valence-electron chi connectivity index (χ3n) is 5.95. The van der Waals surface area contributed by atoms with E-state index >= 15 is 0 Å². The van der Waals surface area contributed by atoms with Crippen LogP contribution in [-0.4, -0.2) is 61.4 Å². The number of aliphatic hydroxyl groups excluding tert-OH is 2. The molecular weight excluding hydrogens is 414 g/mol. The minimum absolute atomic E-state index is 0.255. The van der Waals surface area contributed by atoms with Crippen LogP contribution in [-0.2, 0) is 23.4 Å². The maximum absolute atomic E-state index is 10.2. The molecule has 0 radical (unpaired) electrons. The third kappa shape index (κ3) is 4.39. The van der Waals surface area contributed by atoms with Gasteiger partial charge in [0.05, 0.1) is 29.3 Å². The molecule has 160 valence electrons. The van der Waals surface area contributed by atoms with Crippen molar-refractivity contribution < 1.29 is 20.1 Å². The zero-order chi connectivity index (χ0) is 20.8. The van der Waals surface area contributed by atoms with Gasteiger partial charge < -0.3 is 20.1 Å². The Labute approximate surface area is 179 Å². The van der Waals surface area contributed by atoms with Gasteiger partial charge in [-0.15, -0.1) is 11.3 Å². The predicted molar refractivity (Wildman–Crippen MR) is 111 cm³/mol. The second-order valence-corrected chi connectivity index (χ2v) is 10.4. The van der Waals surface area contributed by atoms with E-state index in [1.54, 1.807) is 18.5 Å². The largest absolute Gasteiger partial charge is 0.388 e. The van der Waals surface area contributed by atoms with E-state index in [1.807, 2.05) is 18.5 Å². The van der Waals surface area contributed by atoms with E-state index in [-0.39, 0.29) is 12.1 Å². The summed E-state index contributed by atoms with van der Waals surface area (Å²) in [5.74, 6) is 0. The maximum Gasteiger partial charge on any atom is 0.105 e. The lowest BCUT2D eigenvalue weighted by Gasteiger charge is -2.44. The third-order valence-corrected chi connectivity index (χ3v) is 7.42. The number of hydrogen-bond donors (Lipinski definition) is 3. The SMILES string of the molecule is CC(C)(O)C(O)Cn1cc(CN2CCC3(CC2)OCC(O)c2cc(Cl)sc23)cn1. The number of rotatable bonds is 5. The molecule has 0 amide bonds. The molecule has 2 aliphatic rings. The molecule has 2 atom stereocenters. The highest BCUT2D eigenvalue weighted by molar-refractivity contribution is 7.16. The van der Waals surface area contributed by atoms with Gasteiger partial charge in [0, 0.05) is 41.8 Å². The minimum atomic E-state index is -1.16. The lowest BCUT2D eigenvalue weighted by atomic mass is 9.84. The smallest absolute Gasteiger partial charge is 0.105 e. The van der Waals surface area contributed by atoms with E-state index < -0.39 is 17.8 Å². The summed E-state index contributed by atoms with van der Waals surface area (Å²) in [5, 5.41) is 34.5. The molecule has 0 aliphatic carbocycles. The number of aliphatic hydroxyl groups is 3. The van der Waals surface area contributed by atoms with Gasteiger partial charge in [-0.3, -0.25) is 9.58 Å². The molecule has 0 bridgehead atoms. The summed E-state index contributed by atoms with van der Waals surface area (Å²) in [6.07, 6.45) is 3.97. The molecular formula is C20H28ClN3O4S. The Morgan fingerprint density at radius 3 is 2.83 bits per heavy atom. The van der Waals surface area contributed by atoms with E-state index in [0.717, 1.165) is 48.5 Å². The van der Waals surface area contributed by atoms with Crippen LogP contribution in [0.2, 0.25) is 4.34 Å². The van der Waals surface area contributed by atoms with Gasteiger partial charge in [-0.25, -0.2) is 0 Å². The number of nitrogens with zero attached hydrogens (tertiary/aromatic N) is 3. The van der Waals surface area contributed by atoms with Crippen molar-refractivity contribution >= 4 is 22.9 Å². The highest BCUT2D eigenvalue weighted by atomic mass is 35.5. The van der Waals surface area contributed by atoms with Gasteiger partial charge in [0.1, 0.15) is 17.8 Å². The highest BCUT2D eigenvalue weighted by Crippen LogP contribution is 2.49. The lowest BCUT2D eigenvalue weighted by Crippen LogP contribution is -2.46. The van der Waals surface area contributed by atoms with Crippen molar-refractivity contribution in [3.63, 3.8) is 0 Å². The van der Waals surface area contributed by atoms with Gasteiger partial charge in [-0.05, 0) is 32.8 Å². The van der Waals surface area contributed by atoms with Crippen molar-refractivity contribution in [2.75, 3.05) is 19.7 Å². The molecule has 0 aromatic carbocycles. The van der Waals surface area contributed by atoms with Gasteiger partial charge in [0.2, 0.25) is 0 Å². The summed E-state index contributed by atoms with van der Waals surface area (Å²) in [6, 6.07) is 1.87. The fraction of sp³-hybridized carbons (Fsp3) is 0.650. The van der Waals surface area contributed by atoms with E-state index in [4.69, 9.17) is 16.3 Å². The summed E-state index contributed by atoms with van der Waals surface area (Å²) in [6.45, 7) is 6.27. The molecule has 4 rings (SSSR count). The molecule has 0 saturated carbocycles. The first-order chi connectivity index (χ1) is 13.7. The van der Waals surface area contributed by atoms with Crippen LogP contribution in [0.25, 0.3) is 0 Å². The highest BCUT2D eigenvalue weighted by Gasteiger charge is 2.44. The molecule has 2 aliphatic heterocycles. The van der Waals surface area contributed by atoms with Gasteiger partial charge in [0.25, 0.3) is 0 Å². The number of halogens is 1. The molecule has 1 saturated heterocycles. The van der Waals surface area contributed by atoms with Crippen LogP contribution < -0.4 is 0 Å². The molecule has 1 fully saturated rings. The Balaban J connectivity index is 1.37. The van der Waals surface area contributed by atoms with Gasteiger partial charge in [0.15, 0.2) is 0 Å². The monoisotopic (exact) mass is 441 g/mol. The fourth-order valence-corrected chi connectivity index (χ4v) is 5.55. The molecule has 7 nitrogen and oxygen atoms in total. The number of fused-ring (bicyclic) bond motifs is 2. The van der Waals surface area contributed by atoms with Crippen molar-refractivity contribution in [3.8, 4) is 0 Å². The van der Waals surface area contributed by atoms with Crippen LogP contribution in [0.5, 0.6) is 0 Å². The first-order valence-corrected chi connectivity index (χ1v) is 11.1. The zero-order valence-electron chi connectivity index (χ0n) is 16.7. The Morgan fingerprint density at radius 1 is 1.41 bits per heavy atom. The number of piperidine rings is 1. The van der Waals surface area contributed by atoms with Crippen molar-refractivity contribution in [1.29, 1.82) is 0 Å². The van der Waals surface area contributed by atoms with Crippen LogP contribution in [0.3, 0.4) is 0 Å². The summed E-state index contributed by atoms with van der Waals surface area (Å²) in [5.41, 5.74) is 0.490. The molecule has 2 unspecified atom stereocenters. The number of hydrogen-bond acceptors (Lipinski definition) is 7. The number of likely N-dealkylation sites (tertiary alicyclic amines) is 1. The normalized spacial score (nSPS) is 23.3. The lowest BCUT2D eigenvalue weighted by molar-refractivity contribution is -0.129. The standard InChI is InChI=1S/C20H28ClN3O4S/c1-19(2,27)16(26)11-24-10-13(8-22-24)9-23-5-3-20(4-6-23)18-14(7-17(21)29-18)15(25)12-28-20/h7-8,10,15-16,25-27H,3-6,9,11-12H2,1-2H3. The summed E-state index contributed by atoms with van der Waals surface area (Å²) in [4.78, 5) is 3.44. The molecule has 2 aromatic rings. The van der Waals surface area contributed by atoms with Gasteiger partial charge in [-0.1, -0.05) is 11.6 Å². The van der Waals surface area contributed by atoms with Gasteiger partial charge in [-0.2, -0.15) is 5.10 Å². The summed E-state index contributed by atoms with van der Waals surface area (Å²) in [7, 11) is 0. The molecule has 2 aromatic heterocycles.